The smallest absolute Gasteiger partial charge is 0.156 e. The normalized spacial score (nSPS) is 11.5. The maximum atomic E-state index is 2.44. The van der Waals surface area contributed by atoms with Gasteiger partial charge in [-0.25, -0.2) is 0 Å². The van der Waals surface area contributed by atoms with Crippen molar-refractivity contribution in [3.05, 3.63) is 168 Å². The molecule has 0 saturated heterocycles. The molecule has 0 heterocycles. The molecular formula is C50H56N2S2+2. The summed E-state index contributed by atoms with van der Waals surface area (Å²) in [5.74, 6) is 0. The molecule has 0 saturated carbocycles. The molecule has 0 aliphatic carbocycles. The highest BCUT2D eigenvalue weighted by Crippen LogP contribution is 2.39. The zero-order chi connectivity index (χ0) is 37.9. The van der Waals surface area contributed by atoms with Gasteiger partial charge in [0.2, 0.25) is 0 Å². The molecule has 6 aromatic rings. The van der Waals surface area contributed by atoms with Crippen molar-refractivity contribution in [2.75, 3.05) is 34.8 Å². The lowest BCUT2D eigenvalue weighted by atomic mass is 10.0. The molecule has 0 amide bonds. The Morgan fingerprint density at radius 1 is 0.444 bits per heavy atom. The fourth-order valence-electron chi connectivity index (χ4n) is 6.79. The number of unbranched alkanes of at least 4 members (excludes halogenated alkanes) is 2. The van der Waals surface area contributed by atoms with Gasteiger partial charge in [-0.2, -0.15) is 0 Å². The summed E-state index contributed by atoms with van der Waals surface area (Å²) < 4.78 is 0. The number of nitrogens with zero attached hydrogens (tertiary/aromatic N) is 2. The minimum Gasteiger partial charge on any atom is -0.310 e. The summed E-state index contributed by atoms with van der Waals surface area (Å²) in [6, 6.07) is 54.1. The van der Waals surface area contributed by atoms with E-state index in [1.807, 2.05) is 0 Å². The van der Waals surface area contributed by atoms with Gasteiger partial charge in [0, 0.05) is 56.7 Å². The van der Waals surface area contributed by atoms with Gasteiger partial charge in [-0.15, -0.1) is 0 Å². The lowest BCUT2D eigenvalue weighted by Crippen LogP contribution is -2.13. The van der Waals surface area contributed by atoms with E-state index in [-0.39, 0.29) is 21.8 Å². The first kappa shape index (κ1) is 39.1. The fraction of sp³-hybridized carbons (Fsp3) is 0.240. The van der Waals surface area contributed by atoms with Crippen LogP contribution in [0.4, 0.5) is 34.1 Å². The monoisotopic (exact) mass is 748 g/mol. The van der Waals surface area contributed by atoms with E-state index in [0.29, 0.717) is 0 Å². The van der Waals surface area contributed by atoms with E-state index < -0.39 is 0 Å². The second kappa shape index (κ2) is 19.1. The van der Waals surface area contributed by atoms with Crippen LogP contribution in [0, 0.1) is 0 Å². The van der Waals surface area contributed by atoms with E-state index in [9.17, 15) is 0 Å². The SMILES string of the molecule is CCCCc1ccc(N(c2ccc(C=Cc3ccc(N(c4cccc([S+](C)C)c4)c4ccccc4CCCC)cc3)cc2)c2cccc([S+](C)C)c2)cc1. The standard InChI is InChI=1S/C50H56N2S2/c1-7-9-15-39-25-31-43(32-26-39)51(46-18-13-20-48(37-46)53(3)4)44-33-27-40(28-34-44)23-24-41-29-35-45(36-30-41)52(47-19-14-21-49(38-47)54(5)6)50-22-12-11-17-42(50)16-10-8-2/h11-14,17-38H,7-10,15-16H2,1-6H3/q+2. The molecule has 0 spiro atoms. The van der Waals surface area contributed by atoms with Gasteiger partial charge in [0.15, 0.2) is 9.79 Å². The summed E-state index contributed by atoms with van der Waals surface area (Å²) in [6.07, 6.45) is 20.6. The van der Waals surface area contributed by atoms with E-state index in [4.69, 9.17) is 0 Å². The Morgan fingerprint density at radius 2 is 0.907 bits per heavy atom. The minimum atomic E-state index is 0.179. The fourth-order valence-corrected chi connectivity index (χ4v) is 8.20. The summed E-state index contributed by atoms with van der Waals surface area (Å²) in [5, 5.41) is 0. The largest absolute Gasteiger partial charge is 0.310 e. The van der Waals surface area contributed by atoms with E-state index >= 15 is 0 Å². The molecule has 0 unspecified atom stereocenters. The molecule has 0 aromatic heterocycles. The lowest BCUT2D eigenvalue weighted by molar-refractivity contribution is 0.795. The first-order valence-corrected chi connectivity index (χ1v) is 23.4. The third-order valence-corrected chi connectivity index (χ3v) is 12.3. The van der Waals surface area contributed by atoms with Crippen LogP contribution in [-0.4, -0.2) is 25.0 Å². The maximum Gasteiger partial charge on any atom is 0.156 e. The quantitative estimate of drug-likeness (QED) is 0.0718. The first-order chi connectivity index (χ1) is 26.3. The Kier molecular flexibility index (Phi) is 13.8. The number of rotatable bonds is 16. The van der Waals surface area contributed by atoms with Crippen molar-refractivity contribution in [2.24, 2.45) is 0 Å². The first-order valence-electron chi connectivity index (χ1n) is 19.3. The van der Waals surface area contributed by atoms with Gasteiger partial charge in [-0.1, -0.05) is 106 Å². The molecule has 6 aromatic carbocycles. The van der Waals surface area contributed by atoms with Crippen LogP contribution >= 0.6 is 0 Å². The molecule has 0 fully saturated rings. The second-order valence-electron chi connectivity index (χ2n) is 14.3. The number of hydrogen-bond acceptors (Lipinski definition) is 2. The second-order valence-corrected chi connectivity index (χ2v) is 18.5. The minimum absolute atomic E-state index is 0.179. The summed E-state index contributed by atoms with van der Waals surface area (Å²) in [7, 11) is 0.361. The molecule has 0 aliphatic heterocycles. The molecule has 0 aliphatic rings. The molecular weight excluding hydrogens is 693 g/mol. The Bertz CT molecular complexity index is 2100. The van der Waals surface area contributed by atoms with Crippen molar-refractivity contribution >= 4 is 68.1 Å². The Balaban J connectivity index is 1.26. The molecule has 54 heavy (non-hydrogen) atoms. The van der Waals surface area contributed by atoms with Crippen molar-refractivity contribution < 1.29 is 0 Å². The van der Waals surface area contributed by atoms with Gasteiger partial charge in [-0.05, 0) is 115 Å². The van der Waals surface area contributed by atoms with Crippen molar-refractivity contribution in [3.63, 3.8) is 0 Å². The zero-order valence-corrected chi connectivity index (χ0v) is 34.6. The van der Waals surface area contributed by atoms with Gasteiger partial charge in [-0.3, -0.25) is 0 Å². The van der Waals surface area contributed by atoms with Crippen molar-refractivity contribution in [3.8, 4) is 0 Å². The van der Waals surface area contributed by atoms with E-state index in [2.05, 4.69) is 206 Å². The summed E-state index contributed by atoms with van der Waals surface area (Å²) in [6.45, 7) is 4.52. The van der Waals surface area contributed by atoms with Crippen LogP contribution < -0.4 is 9.80 Å². The van der Waals surface area contributed by atoms with Crippen LogP contribution in [0.15, 0.2) is 155 Å². The highest BCUT2D eigenvalue weighted by Gasteiger charge is 2.19. The number of anilines is 6. The predicted octanol–water partition coefficient (Wildman–Crippen LogP) is 14.0. The number of benzene rings is 6. The van der Waals surface area contributed by atoms with Crippen molar-refractivity contribution in [1.82, 2.24) is 0 Å². The molecule has 6 rings (SSSR count). The molecule has 4 heteroatoms. The molecule has 2 nitrogen and oxygen atoms in total. The van der Waals surface area contributed by atoms with E-state index in [1.165, 1.54) is 86.2 Å². The Morgan fingerprint density at radius 3 is 1.43 bits per heavy atom. The average Bonchev–Trinajstić information content (AvgIpc) is 3.21. The van der Waals surface area contributed by atoms with Crippen LogP contribution in [0.25, 0.3) is 12.2 Å². The van der Waals surface area contributed by atoms with E-state index in [1.54, 1.807) is 0 Å². The van der Waals surface area contributed by atoms with Crippen LogP contribution in [-0.2, 0) is 34.6 Å². The average molecular weight is 749 g/mol. The summed E-state index contributed by atoms with van der Waals surface area (Å²) in [5.41, 5.74) is 12.3. The van der Waals surface area contributed by atoms with Crippen LogP contribution in [0.2, 0.25) is 0 Å². The van der Waals surface area contributed by atoms with Crippen molar-refractivity contribution in [2.45, 2.75) is 62.2 Å². The van der Waals surface area contributed by atoms with Gasteiger partial charge in [0.1, 0.15) is 25.0 Å². The van der Waals surface area contributed by atoms with Gasteiger partial charge in [0.25, 0.3) is 0 Å². The number of para-hydroxylation sites is 1. The lowest BCUT2D eigenvalue weighted by Gasteiger charge is -2.28. The van der Waals surface area contributed by atoms with E-state index in [0.717, 1.165) is 18.5 Å². The van der Waals surface area contributed by atoms with Gasteiger partial charge >= 0.3 is 0 Å². The van der Waals surface area contributed by atoms with Crippen LogP contribution in [0.5, 0.6) is 0 Å². The highest BCUT2D eigenvalue weighted by atomic mass is 32.2. The van der Waals surface area contributed by atoms with Crippen molar-refractivity contribution in [1.29, 1.82) is 0 Å². The predicted molar refractivity (Wildman–Crippen MR) is 243 cm³/mol. The number of aryl methyl sites for hydroxylation is 2. The third-order valence-electron chi connectivity index (χ3n) is 9.91. The molecule has 0 radical (unpaired) electrons. The summed E-state index contributed by atoms with van der Waals surface area (Å²) in [4.78, 5) is 7.57. The molecule has 0 N–H and O–H groups in total. The Hall–Kier alpha value is -4.64. The zero-order valence-electron chi connectivity index (χ0n) is 33.0. The molecule has 0 atom stereocenters. The third kappa shape index (κ3) is 9.91. The summed E-state index contributed by atoms with van der Waals surface area (Å²) >= 11 is 0. The number of hydrogen-bond donors (Lipinski definition) is 0. The molecule has 276 valence electrons. The maximum absolute atomic E-state index is 2.44. The van der Waals surface area contributed by atoms with Gasteiger partial charge in [0.05, 0.1) is 11.4 Å². The topological polar surface area (TPSA) is 6.48 Å². The highest BCUT2D eigenvalue weighted by molar-refractivity contribution is 7.95. The van der Waals surface area contributed by atoms with Crippen LogP contribution in [0.3, 0.4) is 0 Å². The molecule has 0 bridgehead atoms. The van der Waals surface area contributed by atoms with Crippen LogP contribution in [0.1, 0.15) is 61.8 Å². The Labute approximate surface area is 331 Å². The van der Waals surface area contributed by atoms with Gasteiger partial charge < -0.3 is 9.80 Å².